The monoisotopic (exact) mass is 524 g/mol. The van der Waals surface area contributed by atoms with Gasteiger partial charge in [0.1, 0.15) is 18.3 Å². The molecule has 4 nitrogen and oxygen atoms in total. The third-order valence-electron chi connectivity index (χ3n) is 5.57. The molecule has 0 fully saturated rings. The lowest BCUT2D eigenvalue weighted by molar-refractivity contribution is -0.155. The Labute approximate surface area is 224 Å². The number of rotatable bonds is 17. The fourth-order valence-corrected chi connectivity index (χ4v) is 6.49. The van der Waals surface area contributed by atoms with Crippen molar-refractivity contribution in [3.05, 3.63) is 108 Å². The Morgan fingerprint density at radius 3 is 1.39 bits per heavy atom. The first kappa shape index (κ1) is 28.5. The van der Waals surface area contributed by atoms with Crippen LogP contribution in [-0.4, -0.2) is 40.7 Å². The zero-order chi connectivity index (χ0) is 25.4. The molecule has 0 saturated heterocycles. The maximum Gasteiger partial charge on any atom is 0.151 e. The molecule has 3 atom stereocenters. The van der Waals surface area contributed by atoms with Crippen LogP contribution in [0.3, 0.4) is 0 Å². The molecule has 0 radical (unpaired) electrons. The van der Waals surface area contributed by atoms with E-state index >= 15 is 0 Å². The second-order valence-electron chi connectivity index (χ2n) is 8.20. The SMILES string of the molecule is CCSC(SCC)[C@@H](OCc1ccccc1)[C@@H](OCc1ccccc1)[C@@H](C=O)OCc1ccccc1. The van der Waals surface area contributed by atoms with Crippen LogP contribution in [0.25, 0.3) is 0 Å². The number of thioether (sulfide) groups is 2. The smallest absolute Gasteiger partial charge is 0.151 e. The second-order valence-corrected chi connectivity index (χ2v) is 11.3. The topological polar surface area (TPSA) is 44.8 Å². The van der Waals surface area contributed by atoms with Gasteiger partial charge in [0.05, 0.1) is 24.4 Å². The number of benzene rings is 3. The summed E-state index contributed by atoms with van der Waals surface area (Å²) in [4.78, 5) is 12.4. The molecule has 3 aromatic carbocycles. The van der Waals surface area contributed by atoms with Crippen molar-refractivity contribution >= 4 is 29.8 Å². The van der Waals surface area contributed by atoms with Crippen LogP contribution in [0, 0.1) is 0 Å². The average molecular weight is 525 g/mol. The largest absolute Gasteiger partial charge is 0.369 e. The Morgan fingerprint density at radius 1 is 0.611 bits per heavy atom. The lowest BCUT2D eigenvalue weighted by Crippen LogP contribution is -2.47. The van der Waals surface area contributed by atoms with Crippen LogP contribution < -0.4 is 0 Å². The van der Waals surface area contributed by atoms with Crippen molar-refractivity contribution in [3.63, 3.8) is 0 Å². The van der Waals surface area contributed by atoms with Gasteiger partial charge in [-0.1, -0.05) is 105 Å². The third-order valence-corrected chi connectivity index (χ3v) is 8.24. The summed E-state index contributed by atoms with van der Waals surface area (Å²) in [5, 5.41) is 0. The van der Waals surface area contributed by atoms with Gasteiger partial charge in [0, 0.05) is 0 Å². The number of aldehydes is 1. The van der Waals surface area contributed by atoms with Crippen molar-refractivity contribution < 1.29 is 19.0 Å². The first-order valence-corrected chi connectivity index (χ1v) is 14.5. The van der Waals surface area contributed by atoms with E-state index in [1.807, 2.05) is 102 Å². The van der Waals surface area contributed by atoms with E-state index in [0.29, 0.717) is 19.8 Å². The Bertz CT molecular complexity index is 966. The van der Waals surface area contributed by atoms with Crippen molar-refractivity contribution in [1.82, 2.24) is 0 Å². The first-order valence-electron chi connectivity index (χ1n) is 12.4. The number of carbonyl (C=O) groups excluding carboxylic acids is 1. The van der Waals surface area contributed by atoms with Gasteiger partial charge >= 0.3 is 0 Å². The van der Waals surface area contributed by atoms with E-state index in [4.69, 9.17) is 14.2 Å². The van der Waals surface area contributed by atoms with Gasteiger partial charge in [-0.3, -0.25) is 0 Å². The van der Waals surface area contributed by atoms with E-state index in [9.17, 15) is 4.79 Å². The van der Waals surface area contributed by atoms with Crippen LogP contribution in [0.1, 0.15) is 30.5 Å². The average Bonchev–Trinajstić information content (AvgIpc) is 2.93. The van der Waals surface area contributed by atoms with E-state index < -0.39 is 12.2 Å². The second kappa shape index (κ2) is 16.6. The molecule has 192 valence electrons. The lowest BCUT2D eigenvalue weighted by atomic mass is 10.1. The fourth-order valence-electron chi connectivity index (χ4n) is 3.78. The molecule has 0 unspecified atom stereocenters. The Hall–Kier alpha value is -2.09. The highest BCUT2D eigenvalue weighted by Crippen LogP contribution is 2.33. The zero-order valence-corrected chi connectivity index (χ0v) is 22.7. The molecule has 0 amide bonds. The summed E-state index contributed by atoms with van der Waals surface area (Å²) in [6, 6.07) is 30.0. The molecular formula is C30H36O4S2. The molecule has 6 heteroatoms. The highest BCUT2D eigenvalue weighted by atomic mass is 32.2. The molecule has 0 spiro atoms. The summed E-state index contributed by atoms with van der Waals surface area (Å²) >= 11 is 3.65. The molecule has 3 aromatic rings. The van der Waals surface area contributed by atoms with Crippen LogP contribution in [0.4, 0.5) is 0 Å². The number of ether oxygens (including phenoxy) is 3. The summed E-state index contributed by atoms with van der Waals surface area (Å²) in [7, 11) is 0. The molecule has 0 aliphatic rings. The number of carbonyl (C=O) groups is 1. The van der Waals surface area contributed by atoms with Crippen LogP contribution in [0.5, 0.6) is 0 Å². The molecule has 3 rings (SSSR count). The van der Waals surface area contributed by atoms with E-state index in [1.54, 1.807) is 0 Å². The van der Waals surface area contributed by atoms with E-state index in [-0.39, 0.29) is 10.7 Å². The highest BCUT2D eigenvalue weighted by molar-refractivity contribution is 8.17. The molecule has 0 heterocycles. The predicted octanol–water partition coefficient (Wildman–Crippen LogP) is 6.77. The van der Waals surface area contributed by atoms with Crippen molar-refractivity contribution in [2.45, 2.75) is 56.6 Å². The summed E-state index contributed by atoms with van der Waals surface area (Å²) in [5.74, 6) is 1.87. The lowest BCUT2D eigenvalue weighted by Gasteiger charge is -2.35. The minimum atomic E-state index is -0.771. The Balaban J connectivity index is 1.87. The predicted molar refractivity (Wildman–Crippen MR) is 151 cm³/mol. The van der Waals surface area contributed by atoms with Gasteiger partial charge in [-0.15, -0.1) is 23.5 Å². The summed E-state index contributed by atoms with van der Waals surface area (Å²) in [5.41, 5.74) is 3.13. The van der Waals surface area contributed by atoms with Gasteiger partial charge in [0.2, 0.25) is 0 Å². The molecule has 36 heavy (non-hydrogen) atoms. The van der Waals surface area contributed by atoms with Gasteiger partial charge in [-0.05, 0) is 28.2 Å². The Morgan fingerprint density at radius 2 is 1.00 bits per heavy atom. The molecule has 0 N–H and O–H groups in total. The van der Waals surface area contributed by atoms with E-state index in [0.717, 1.165) is 34.5 Å². The Kier molecular flexibility index (Phi) is 13.1. The van der Waals surface area contributed by atoms with Crippen molar-refractivity contribution in [2.75, 3.05) is 11.5 Å². The molecule has 0 aliphatic carbocycles. The molecule has 0 saturated carbocycles. The quantitative estimate of drug-likeness (QED) is 0.143. The molecule has 0 aromatic heterocycles. The maximum atomic E-state index is 12.4. The van der Waals surface area contributed by atoms with Crippen LogP contribution in [0.15, 0.2) is 91.0 Å². The van der Waals surface area contributed by atoms with E-state index in [1.165, 1.54) is 0 Å². The first-order chi connectivity index (χ1) is 17.7. The fraction of sp³-hybridized carbons (Fsp3) is 0.367. The minimum Gasteiger partial charge on any atom is -0.369 e. The summed E-state index contributed by atoms with van der Waals surface area (Å²) in [6.45, 7) is 5.42. The van der Waals surface area contributed by atoms with Crippen LogP contribution in [0.2, 0.25) is 0 Å². The maximum absolute atomic E-state index is 12.4. The zero-order valence-electron chi connectivity index (χ0n) is 21.0. The summed E-state index contributed by atoms with van der Waals surface area (Å²) < 4.78 is 19.3. The van der Waals surface area contributed by atoms with Crippen molar-refractivity contribution in [3.8, 4) is 0 Å². The number of hydrogen-bond acceptors (Lipinski definition) is 6. The van der Waals surface area contributed by atoms with Gasteiger partial charge in [-0.2, -0.15) is 0 Å². The van der Waals surface area contributed by atoms with Crippen molar-refractivity contribution in [1.29, 1.82) is 0 Å². The van der Waals surface area contributed by atoms with Gasteiger partial charge in [0.15, 0.2) is 6.29 Å². The van der Waals surface area contributed by atoms with Gasteiger partial charge in [0.25, 0.3) is 0 Å². The molecule has 0 aliphatic heterocycles. The summed E-state index contributed by atoms with van der Waals surface area (Å²) in [6.07, 6.45) is -0.831. The van der Waals surface area contributed by atoms with Crippen molar-refractivity contribution in [2.24, 2.45) is 0 Å². The minimum absolute atomic E-state index is 0.0901. The molecule has 0 bridgehead atoms. The van der Waals surface area contributed by atoms with Crippen LogP contribution in [-0.2, 0) is 38.8 Å². The standard InChI is InChI=1S/C30H36O4S2/c1-3-35-30(36-4-2)29(34-23-26-18-12-7-13-19-26)28(33-22-25-16-10-6-11-17-25)27(20-31)32-21-24-14-8-5-9-15-24/h5-20,27-30H,3-4,21-23H2,1-2H3/t27-,28+,29+/m1/s1. The van der Waals surface area contributed by atoms with Crippen LogP contribution >= 0.6 is 23.5 Å². The van der Waals surface area contributed by atoms with Gasteiger partial charge in [-0.25, -0.2) is 0 Å². The van der Waals surface area contributed by atoms with E-state index in [2.05, 4.69) is 26.0 Å². The highest BCUT2D eigenvalue weighted by Gasteiger charge is 2.38. The third kappa shape index (κ3) is 9.41. The van der Waals surface area contributed by atoms with Gasteiger partial charge < -0.3 is 19.0 Å². The normalized spacial score (nSPS) is 13.9. The number of hydrogen-bond donors (Lipinski definition) is 0. The molecular weight excluding hydrogens is 488 g/mol.